The molecule has 0 bridgehead atoms. The van der Waals surface area contributed by atoms with Crippen molar-refractivity contribution in [1.29, 1.82) is 0 Å². The summed E-state index contributed by atoms with van der Waals surface area (Å²) in [5.74, 6) is -0.670. The smallest absolute Gasteiger partial charge is 0.337 e. The Bertz CT molecular complexity index is 1260. The van der Waals surface area contributed by atoms with Gasteiger partial charge in [-0.1, -0.05) is 45.9 Å². The summed E-state index contributed by atoms with van der Waals surface area (Å²) in [6.45, 7) is 9.30. The molecule has 1 amide bonds. The van der Waals surface area contributed by atoms with Crippen molar-refractivity contribution < 1.29 is 14.3 Å². The van der Waals surface area contributed by atoms with Crippen LogP contribution in [0.1, 0.15) is 72.4 Å². The molecule has 0 heterocycles. The molecule has 4 rings (SSSR count). The summed E-state index contributed by atoms with van der Waals surface area (Å²) in [7, 11) is 3.36. The summed E-state index contributed by atoms with van der Waals surface area (Å²) in [6.07, 6.45) is 2.33. The maximum absolute atomic E-state index is 13.0. The van der Waals surface area contributed by atoms with Crippen molar-refractivity contribution in [3.05, 3.63) is 89.0 Å². The van der Waals surface area contributed by atoms with Crippen LogP contribution in [0.2, 0.25) is 0 Å². The highest BCUT2D eigenvalue weighted by Crippen LogP contribution is 2.47. The van der Waals surface area contributed by atoms with Crippen LogP contribution in [0.4, 0.5) is 17.1 Å². The second-order valence-electron chi connectivity index (χ2n) is 10.6. The lowest BCUT2D eigenvalue weighted by molar-refractivity contribution is 0.0600. The van der Waals surface area contributed by atoms with E-state index in [1.165, 1.54) is 24.7 Å². The predicted molar refractivity (Wildman–Crippen MR) is 142 cm³/mol. The molecule has 1 aliphatic rings. The summed E-state index contributed by atoms with van der Waals surface area (Å²) in [5.41, 5.74) is 6.67. The van der Waals surface area contributed by atoms with Crippen LogP contribution in [0.5, 0.6) is 0 Å². The average molecular weight is 471 g/mol. The molecule has 0 radical (unpaired) electrons. The molecular formula is C30H34N2O3. The Morgan fingerprint density at radius 2 is 1.43 bits per heavy atom. The van der Waals surface area contributed by atoms with Crippen molar-refractivity contribution in [1.82, 2.24) is 0 Å². The first-order valence-corrected chi connectivity index (χ1v) is 12.0. The van der Waals surface area contributed by atoms with E-state index in [0.717, 1.165) is 17.8 Å². The minimum Gasteiger partial charge on any atom is -0.465 e. The van der Waals surface area contributed by atoms with Gasteiger partial charge >= 0.3 is 5.97 Å². The van der Waals surface area contributed by atoms with Gasteiger partial charge in [0, 0.05) is 18.3 Å². The molecule has 3 aromatic carbocycles. The molecule has 0 saturated carbocycles. The number of carbonyl (C=O) groups is 2. The topological polar surface area (TPSA) is 58.6 Å². The first-order chi connectivity index (χ1) is 16.5. The number of methoxy groups -OCH3 is 1. The van der Waals surface area contributed by atoms with Gasteiger partial charge in [0.25, 0.3) is 5.91 Å². The number of ether oxygens (including phenoxy) is 1. The third kappa shape index (κ3) is 4.81. The van der Waals surface area contributed by atoms with Crippen LogP contribution in [0.3, 0.4) is 0 Å². The molecule has 0 aromatic heterocycles. The second kappa shape index (κ2) is 9.21. The van der Waals surface area contributed by atoms with Crippen LogP contribution in [-0.2, 0) is 15.6 Å². The van der Waals surface area contributed by atoms with E-state index in [2.05, 4.69) is 56.1 Å². The van der Waals surface area contributed by atoms with Crippen molar-refractivity contribution in [2.24, 2.45) is 0 Å². The van der Waals surface area contributed by atoms with Gasteiger partial charge in [-0.3, -0.25) is 4.79 Å². The van der Waals surface area contributed by atoms with Gasteiger partial charge in [-0.25, -0.2) is 4.79 Å². The molecule has 5 heteroatoms. The Kier molecular flexibility index (Phi) is 6.46. The molecule has 0 unspecified atom stereocenters. The summed E-state index contributed by atoms with van der Waals surface area (Å²) < 4.78 is 4.73. The highest BCUT2D eigenvalue weighted by Gasteiger charge is 2.37. The van der Waals surface area contributed by atoms with E-state index in [1.54, 1.807) is 24.3 Å². The van der Waals surface area contributed by atoms with Gasteiger partial charge in [-0.2, -0.15) is 0 Å². The number of anilines is 3. The molecule has 5 nitrogen and oxygen atoms in total. The number of benzene rings is 3. The minimum absolute atomic E-state index is 0.117. The lowest BCUT2D eigenvalue weighted by atomic mass is 9.63. The largest absolute Gasteiger partial charge is 0.465 e. The third-order valence-electron chi connectivity index (χ3n) is 7.31. The number of nitrogens with zero attached hydrogens (tertiary/aromatic N) is 1. The number of hydrogen-bond acceptors (Lipinski definition) is 4. The summed E-state index contributed by atoms with van der Waals surface area (Å²) in [4.78, 5) is 26.8. The number of para-hydroxylation sites is 2. The van der Waals surface area contributed by atoms with Crippen LogP contribution >= 0.6 is 0 Å². The highest BCUT2D eigenvalue weighted by molar-refractivity contribution is 6.06. The van der Waals surface area contributed by atoms with Crippen molar-refractivity contribution >= 4 is 28.9 Å². The molecule has 0 aliphatic heterocycles. The normalized spacial score (nSPS) is 15.6. The number of rotatable bonds is 5. The van der Waals surface area contributed by atoms with E-state index in [-0.39, 0.29) is 16.7 Å². The Morgan fingerprint density at radius 1 is 0.829 bits per heavy atom. The second-order valence-corrected chi connectivity index (χ2v) is 10.6. The van der Waals surface area contributed by atoms with Crippen LogP contribution in [0.25, 0.3) is 0 Å². The quantitative estimate of drug-likeness (QED) is 0.415. The summed E-state index contributed by atoms with van der Waals surface area (Å²) >= 11 is 0. The third-order valence-corrected chi connectivity index (χ3v) is 7.31. The van der Waals surface area contributed by atoms with Gasteiger partial charge in [0.1, 0.15) is 0 Å². The van der Waals surface area contributed by atoms with E-state index >= 15 is 0 Å². The molecule has 1 N–H and O–H groups in total. The molecule has 0 fully saturated rings. The van der Waals surface area contributed by atoms with Crippen molar-refractivity contribution in [3.8, 4) is 0 Å². The van der Waals surface area contributed by atoms with E-state index in [1.807, 2.05) is 31.3 Å². The molecule has 182 valence electrons. The number of carbonyl (C=O) groups excluding carboxylic acids is 2. The molecule has 3 aromatic rings. The Labute approximate surface area is 208 Å². The van der Waals surface area contributed by atoms with Gasteiger partial charge in [0.15, 0.2) is 0 Å². The Hall–Kier alpha value is -3.60. The monoisotopic (exact) mass is 470 g/mol. The Balaban J connectivity index is 1.62. The van der Waals surface area contributed by atoms with E-state index in [9.17, 15) is 9.59 Å². The van der Waals surface area contributed by atoms with E-state index < -0.39 is 5.97 Å². The number of esters is 1. The number of amides is 1. The Morgan fingerprint density at radius 3 is 2.09 bits per heavy atom. The zero-order valence-corrected chi connectivity index (χ0v) is 21.4. The van der Waals surface area contributed by atoms with Gasteiger partial charge in [-0.05, 0) is 83.3 Å². The van der Waals surface area contributed by atoms with Crippen molar-refractivity contribution in [3.63, 3.8) is 0 Å². The van der Waals surface area contributed by atoms with Crippen LogP contribution in [0.15, 0.2) is 66.7 Å². The van der Waals surface area contributed by atoms with Crippen molar-refractivity contribution in [2.45, 2.75) is 51.4 Å². The van der Waals surface area contributed by atoms with Crippen LogP contribution < -0.4 is 10.2 Å². The van der Waals surface area contributed by atoms with Crippen LogP contribution in [-0.4, -0.2) is 26.0 Å². The van der Waals surface area contributed by atoms with Gasteiger partial charge in [0.2, 0.25) is 0 Å². The summed E-state index contributed by atoms with van der Waals surface area (Å²) in [5, 5.41) is 3.04. The molecule has 1 aliphatic carbocycles. The summed E-state index contributed by atoms with van der Waals surface area (Å²) in [6, 6.07) is 21.0. The average Bonchev–Trinajstić information content (AvgIpc) is 2.86. The standard InChI is InChI=1S/C30H34N2O3/c1-29(2)17-18-30(3,4)24-19-22(15-16-23(24)29)32(5)26-10-8-7-9-25(26)31-27(33)20-11-13-21(14-12-20)28(34)35-6/h7-16,19H,17-18H2,1-6H3,(H,31,33). The number of nitrogens with one attached hydrogen (secondary N) is 1. The van der Waals surface area contributed by atoms with Gasteiger partial charge in [0.05, 0.1) is 24.0 Å². The maximum Gasteiger partial charge on any atom is 0.337 e. The zero-order valence-electron chi connectivity index (χ0n) is 21.4. The maximum atomic E-state index is 13.0. The zero-order chi connectivity index (χ0) is 25.4. The lowest BCUT2D eigenvalue weighted by Gasteiger charge is -2.42. The fourth-order valence-electron chi connectivity index (χ4n) is 4.87. The first kappa shape index (κ1) is 24.5. The molecule has 35 heavy (non-hydrogen) atoms. The molecule has 0 saturated heterocycles. The molecule has 0 atom stereocenters. The van der Waals surface area contributed by atoms with E-state index in [0.29, 0.717) is 16.8 Å². The minimum atomic E-state index is -0.430. The first-order valence-electron chi connectivity index (χ1n) is 12.0. The van der Waals surface area contributed by atoms with Gasteiger partial charge in [-0.15, -0.1) is 0 Å². The fraction of sp³-hybridized carbons (Fsp3) is 0.333. The molecular weight excluding hydrogens is 436 g/mol. The predicted octanol–water partition coefficient (Wildman–Crippen LogP) is 6.84. The fourth-order valence-corrected chi connectivity index (χ4v) is 4.87. The van der Waals surface area contributed by atoms with Crippen LogP contribution in [0, 0.1) is 0 Å². The van der Waals surface area contributed by atoms with Gasteiger partial charge < -0.3 is 15.0 Å². The number of fused-ring (bicyclic) bond motifs is 1. The van der Waals surface area contributed by atoms with E-state index in [4.69, 9.17) is 4.74 Å². The molecule has 0 spiro atoms. The lowest BCUT2D eigenvalue weighted by Crippen LogP contribution is -2.34. The SMILES string of the molecule is COC(=O)c1ccc(C(=O)Nc2ccccc2N(C)c2ccc3c(c2)C(C)(C)CCC3(C)C)cc1. The highest BCUT2D eigenvalue weighted by atomic mass is 16.5. The number of hydrogen-bond donors (Lipinski definition) is 1. The van der Waals surface area contributed by atoms with Crippen molar-refractivity contribution in [2.75, 3.05) is 24.4 Å².